The highest BCUT2D eigenvalue weighted by Gasteiger charge is 2.31. The number of anilines is 1. The van der Waals surface area contributed by atoms with Crippen LogP contribution in [0.4, 0.5) is 10.1 Å². The highest BCUT2D eigenvalue weighted by atomic mass is 19.1. The maximum atomic E-state index is 13.3. The van der Waals surface area contributed by atoms with E-state index in [4.69, 9.17) is 4.52 Å². The molecule has 22 heavy (non-hydrogen) atoms. The summed E-state index contributed by atoms with van der Waals surface area (Å²) in [4.78, 5) is 6.53. The Morgan fingerprint density at radius 3 is 2.95 bits per heavy atom. The Kier molecular flexibility index (Phi) is 3.80. The molecule has 1 aliphatic rings. The number of halogens is 1. The average molecular weight is 300 g/mol. The fraction of sp³-hybridized carbons (Fsp3) is 0.438. The van der Waals surface area contributed by atoms with Crippen LogP contribution in [0, 0.1) is 17.1 Å². The molecule has 0 N–H and O–H groups in total. The van der Waals surface area contributed by atoms with E-state index >= 15 is 0 Å². The third-order valence-corrected chi connectivity index (χ3v) is 3.89. The molecule has 0 saturated carbocycles. The molecule has 114 valence electrons. The zero-order chi connectivity index (χ0) is 15.7. The SMILES string of the molecule is CC(C)c1nc(C2CCCN2c2ccc(F)cc2C#N)no1. The van der Waals surface area contributed by atoms with Gasteiger partial charge in [0.15, 0.2) is 5.82 Å². The van der Waals surface area contributed by atoms with Gasteiger partial charge in [-0.1, -0.05) is 19.0 Å². The molecule has 1 fully saturated rings. The zero-order valence-electron chi connectivity index (χ0n) is 12.6. The lowest BCUT2D eigenvalue weighted by Crippen LogP contribution is -2.24. The van der Waals surface area contributed by atoms with Crippen LogP contribution in [-0.2, 0) is 0 Å². The van der Waals surface area contributed by atoms with Gasteiger partial charge in [-0.05, 0) is 31.0 Å². The first-order valence-electron chi connectivity index (χ1n) is 7.40. The molecule has 2 aromatic rings. The second-order valence-electron chi connectivity index (χ2n) is 5.77. The van der Waals surface area contributed by atoms with E-state index in [-0.39, 0.29) is 12.0 Å². The highest BCUT2D eigenvalue weighted by Crippen LogP contribution is 2.36. The molecule has 1 saturated heterocycles. The van der Waals surface area contributed by atoms with E-state index in [1.54, 1.807) is 6.07 Å². The standard InChI is InChI=1S/C16H17FN4O/c1-10(2)16-19-15(20-22-16)14-4-3-7-21(14)13-6-5-12(17)8-11(13)9-18/h5-6,8,10,14H,3-4,7H2,1-2H3. The van der Waals surface area contributed by atoms with E-state index in [9.17, 15) is 9.65 Å². The molecule has 1 atom stereocenters. The van der Waals surface area contributed by atoms with E-state index in [2.05, 4.69) is 21.1 Å². The Morgan fingerprint density at radius 2 is 2.27 bits per heavy atom. The molecule has 5 nitrogen and oxygen atoms in total. The molecule has 1 aromatic heterocycles. The molecule has 6 heteroatoms. The number of aromatic nitrogens is 2. The van der Waals surface area contributed by atoms with Gasteiger partial charge in [-0.2, -0.15) is 10.2 Å². The summed E-state index contributed by atoms with van der Waals surface area (Å²) in [5.41, 5.74) is 1.06. The van der Waals surface area contributed by atoms with Crippen molar-refractivity contribution in [2.24, 2.45) is 0 Å². The summed E-state index contributed by atoms with van der Waals surface area (Å²) in [6, 6.07) is 6.32. The molecule has 2 heterocycles. The Balaban J connectivity index is 1.95. The molecule has 0 amide bonds. The second kappa shape index (κ2) is 5.76. The molecule has 0 aliphatic carbocycles. The molecule has 1 aromatic carbocycles. The minimum Gasteiger partial charge on any atom is -0.360 e. The van der Waals surface area contributed by atoms with Gasteiger partial charge >= 0.3 is 0 Å². The Labute approximate surface area is 128 Å². The van der Waals surface area contributed by atoms with E-state index in [0.29, 0.717) is 17.3 Å². The molecular formula is C16H17FN4O. The molecule has 1 unspecified atom stereocenters. The fourth-order valence-corrected chi connectivity index (χ4v) is 2.79. The first-order valence-corrected chi connectivity index (χ1v) is 7.40. The normalized spacial score (nSPS) is 18.0. The topological polar surface area (TPSA) is 66.0 Å². The van der Waals surface area contributed by atoms with Crippen LogP contribution in [-0.4, -0.2) is 16.7 Å². The Morgan fingerprint density at radius 1 is 1.45 bits per heavy atom. The third-order valence-electron chi connectivity index (χ3n) is 3.89. The van der Waals surface area contributed by atoms with Crippen molar-refractivity contribution in [3.05, 3.63) is 41.3 Å². The van der Waals surface area contributed by atoms with E-state index < -0.39 is 5.82 Å². The van der Waals surface area contributed by atoms with Crippen molar-refractivity contribution in [3.63, 3.8) is 0 Å². The number of hydrogen-bond donors (Lipinski definition) is 0. The molecule has 1 aliphatic heterocycles. The predicted molar refractivity (Wildman–Crippen MR) is 78.8 cm³/mol. The summed E-state index contributed by atoms with van der Waals surface area (Å²) in [6.45, 7) is 4.78. The summed E-state index contributed by atoms with van der Waals surface area (Å²) in [5.74, 6) is 1.02. The minimum absolute atomic E-state index is 0.0335. The first-order chi connectivity index (χ1) is 10.6. The molecule has 0 bridgehead atoms. The van der Waals surface area contributed by atoms with E-state index in [1.807, 2.05) is 13.8 Å². The minimum atomic E-state index is -0.405. The summed E-state index contributed by atoms with van der Waals surface area (Å²) in [5, 5.41) is 13.3. The summed E-state index contributed by atoms with van der Waals surface area (Å²) in [6.07, 6.45) is 1.86. The first kappa shape index (κ1) is 14.5. The smallest absolute Gasteiger partial charge is 0.229 e. The van der Waals surface area contributed by atoms with Crippen molar-refractivity contribution >= 4 is 5.69 Å². The maximum absolute atomic E-state index is 13.3. The van der Waals surface area contributed by atoms with Crippen LogP contribution in [0.3, 0.4) is 0 Å². The van der Waals surface area contributed by atoms with Gasteiger partial charge in [0.1, 0.15) is 11.9 Å². The van der Waals surface area contributed by atoms with Crippen molar-refractivity contribution in [2.75, 3.05) is 11.4 Å². The maximum Gasteiger partial charge on any atom is 0.229 e. The molecular weight excluding hydrogens is 283 g/mol. The lowest BCUT2D eigenvalue weighted by Gasteiger charge is -2.25. The monoisotopic (exact) mass is 300 g/mol. The van der Waals surface area contributed by atoms with Gasteiger partial charge in [0, 0.05) is 12.5 Å². The summed E-state index contributed by atoms with van der Waals surface area (Å²) in [7, 11) is 0. The van der Waals surface area contributed by atoms with Crippen LogP contribution in [0.2, 0.25) is 0 Å². The van der Waals surface area contributed by atoms with Crippen LogP contribution >= 0.6 is 0 Å². The van der Waals surface area contributed by atoms with Crippen LogP contribution in [0.1, 0.15) is 55.9 Å². The van der Waals surface area contributed by atoms with Crippen molar-refractivity contribution < 1.29 is 8.91 Å². The Hall–Kier alpha value is -2.42. The number of nitrogens with zero attached hydrogens (tertiary/aromatic N) is 4. The Bertz CT molecular complexity index is 719. The van der Waals surface area contributed by atoms with Gasteiger partial charge in [0.25, 0.3) is 0 Å². The van der Waals surface area contributed by atoms with E-state index in [1.165, 1.54) is 12.1 Å². The third kappa shape index (κ3) is 2.54. The number of nitriles is 1. The lowest BCUT2D eigenvalue weighted by atomic mass is 10.1. The van der Waals surface area contributed by atoms with Crippen molar-refractivity contribution in [1.82, 2.24) is 10.1 Å². The number of benzene rings is 1. The number of hydrogen-bond acceptors (Lipinski definition) is 5. The van der Waals surface area contributed by atoms with Gasteiger partial charge in [-0.15, -0.1) is 0 Å². The van der Waals surface area contributed by atoms with Crippen LogP contribution in [0.15, 0.2) is 22.7 Å². The van der Waals surface area contributed by atoms with Gasteiger partial charge in [0.2, 0.25) is 5.89 Å². The summed E-state index contributed by atoms with van der Waals surface area (Å²) < 4.78 is 18.6. The number of rotatable bonds is 3. The zero-order valence-corrected chi connectivity index (χ0v) is 12.6. The molecule has 0 spiro atoms. The average Bonchev–Trinajstić information content (AvgIpc) is 3.15. The summed E-state index contributed by atoms with van der Waals surface area (Å²) >= 11 is 0. The van der Waals surface area contributed by atoms with Crippen molar-refractivity contribution in [3.8, 4) is 6.07 Å². The van der Waals surface area contributed by atoms with Crippen LogP contribution in [0.5, 0.6) is 0 Å². The predicted octanol–water partition coefficient (Wildman–Crippen LogP) is 3.55. The van der Waals surface area contributed by atoms with Gasteiger partial charge in [0.05, 0.1) is 17.3 Å². The molecule has 3 rings (SSSR count). The van der Waals surface area contributed by atoms with Crippen molar-refractivity contribution in [2.45, 2.75) is 38.6 Å². The highest BCUT2D eigenvalue weighted by molar-refractivity contribution is 5.60. The van der Waals surface area contributed by atoms with Crippen LogP contribution in [0.25, 0.3) is 0 Å². The van der Waals surface area contributed by atoms with Gasteiger partial charge < -0.3 is 9.42 Å². The lowest BCUT2D eigenvalue weighted by molar-refractivity contribution is 0.358. The van der Waals surface area contributed by atoms with Gasteiger partial charge in [-0.3, -0.25) is 0 Å². The van der Waals surface area contributed by atoms with Crippen molar-refractivity contribution in [1.29, 1.82) is 5.26 Å². The fourth-order valence-electron chi connectivity index (χ4n) is 2.79. The van der Waals surface area contributed by atoms with Crippen LogP contribution < -0.4 is 4.90 Å². The quantitative estimate of drug-likeness (QED) is 0.867. The van der Waals surface area contributed by atoms with E-state index in [0.717, 1.165) is 25.1 Å². The van der Waals surface area contributed by atoms with Gasteiger partial charge in [-0.25, -0.2) is 4.39 Å². The molecule has 0 radical (unpaired) electrons. The largest absolute Gasteiger partial charge is 0.360 e. The second-order valence-corrected chi connectivity index (χ2v) is 5.77.